The first-order valence-electron chi connectivity index (χ1n) is 4.29. The number of nitrogens with two attached hydrogens (primary N) is 1. The van der Waals surface area contributed by atoms with E-state index in [1.165, 1.54) is 6.08 Å². The molecule has 0 saturated carbocycles. The molecule has 14 heavy (non-hydrogen) atoms. The van der Waals surface area contributed by atoms with Gasteiger partial charge < -0.3 is 10.8 Å². The highest BCUT2D eigenvalue weighted by molar-refractivity contribution is 5.91. The number of carbonyl (C=O) groups is 1. The second kappa shape index (κ2) is 4.07. The predicted molar refractivity (Wildman–Crippen MR) is 55.3 cm³/mol. The Kier molecular flexibility index (Phi) is 3.04. The van der Waals surface area contributed by atoms with Crippen LogP contribution in [0.15, 0.2) is 30.9 Å². The summed E-state index contributed by atoms with van der Waals surface area (Å²) in [6, 6.07) is 4.83. The van der Waals surface area contributed by atoms with E-state index in [4.69, 9.17) is 10.8 Å². The molecule has 1 atom stereocenters. The van der Waals surface area contributed by atoms with Crippen LogP contribution in [0.25, 0.3) is 0 Å². The van der Waals surface area contributed by atoms with E-state index in [0.29, 0.717) is 11.1 Å². The molecule has 1 aromatic rings. The fraction of sp³-hybridized carbons (Fsp3) is 0.182. The molecule has 0 aliphatic rings. The fourth-order valence-corrected chi connectivity index (χ4v) is 1.39. The summed E-state index contributed by atoms with van der Waals surface area (Å²) < 4.78 is 0. The quantitative estimate of drug-likeness (QED) is 0.717. The van der Waals surface area contributed by atoms with E-state index < -0.39 is 12.0 Å². The molecule has 74 valence electrons. The Balaban J connectivity index is 3.35. The molecule has 1 aromatic carbocycles. The molecule has 0 fully saturated rings. The van der Waals surface area contributed by atoms with Crippen molar-refractivity contribution < 1.29 is 9.90 Å². The van der Waals surface area contributed by atoms with Crippen LogP contribution in [0.4, 0.5) is 0 Å². The normalized spacial score (nSPS) is 12.1. The van der Waals surface area contributed by atoms with Crippen LogP contribution in [-0.2, 0) is 0 Å². The van der Waals surface area contributed by atoms with Gasteiger partial charge in [-0.3, -0.25) is 0 Å². The molecule has 3 N–H and O–H groups in total. The van der Waals surface area contributed by atoms with Crippen molar-refractivity contribution >= 4 is 5.97 Å². The van der Waals surface area contributed by atoms with E-state index in [1.54, 1.807) is 25.1 Å². The van der Waals surface area contributed by atoms with Gasteiger partial charge in [0, 0.05) is 6.04 Å². The lowest BCUT2D eigenvalue weighted by atomic mass is 9.97. The molecule has 1 rings (SSSR count). The zero-order chi connectivity index (χ0) is 10.7. The van der Waals surface area contributed by atoms with Crippen LogP contribution in [-0.4, -0.2) is 11.1 Å². The molecule has 0 radical (unpaired) electrons. The van der Waals surface area contributed by atoms with Gasteiger partial charge in [0.2, 0.25) is 0 Å². The van der Waals surface area contributed by atoms with Gasteiger partial charge in [0.05, 0.1) is 5.56 Å². The highest BCUT2D eigenvalue weighted by atomic mass is 16.4. The summed E-state index contributed by atoms with van der Waals surface area (Å²) in [6.07, 6.45) is 1.53. The van der Waals surface area contributed by atoms with E-state index in [-0.39, 0.29) is 5.56 Å². The first-order chi connectivity index (χ1) is 6.57. The Morgan fingerprint density at radius 2 is 2.29 bits per heavy atom. The number of rotatable bonds is 3. The zero-order valence-electron chi connectivity index (χ0n) is 8.03. The number of aromatic carboxylic acids is 1. The Morgan fingerprint density at radius 1 is 1.64 bits per heavy atom. The maximum atomic E-state index is 11.0. The molecule has 3 nitrogen and oxygen atoms in total. The van der Waals surface area contributed by atoms with Gasteiger partial charge in [0.25, 0.3) is 0 Å². The van der Waals surface area contributed by atoms with Crippen molar-refractivity contribution in [1.82, 2.24) is 0 Å². The number of benzene rings is 1. The summed E-state index contributed by atoms with van der Waals surface area (Å²) in [5.74, 6) is -0.949. The van der Waals surface area contributed by atoms with Crippen LogP contribution < -0.4 is 5.73 Å². The predicted octanol–water partition coefficient (Wildman–Crippen LogP) is 1.88. The Hall–Kier alpha value is -1.61. The number of hydrogen-bond donors (Lipinski definition) is 2. The number of hydrogen-bond acceptors (Lipinski definition) is 2. The van der Waals surface area contributed by atoms with Gasteiger partial charge in [-0.2, -0.15) is 0 Å². The van der Waals surface area contributed by atoms with Crippen molar-refractivity contribution in [3.8, 4) is 0 Å². The van der Waals surface area contributed by atoms with Gasteiger partial charge in [0.15, 0.2) is 0 Å². The smallest absolute Gasteiger partial charge is 0.336 e. The monoisotopic (exact) mass is 191 g/mol. The molecule has 0 saturated heterocycles. The second-order valence-electron chi connectivity index (χ2n) is 3.11. The standard InChI is InChI=1S/C11H13NO2/c1-3-9(12)8-6-4-5-7(2)10(8)11(13)14/h3-6,9H,1,12H2,2H3,(H,13,14)/t9-/m0/s1. The van der Waals surface area contributed by atoms with E-state index in [2.05, 4.69) is 6.58 Å². The van der Waals surface area contributed by atoms with Crippen molar-refractivity contribution in [2.45, 2.75) is 13.0 Å². The van der Waals surface area contributed by atoms with Crippen LogP contribution in [0.3, 0.4) is 0 Å². The summed E-state index contributed by atoms with van der Waals surface area (Å²) in [4.78, 5) is 11.0. The zero-order valence-corrected chi connectivity index (χ0v) is 8.03. The summed E-state index contributed by atoms with van der Waals surface area (Å²) in [5, 5.41) is 9.00. The molecule has 0 heterocycles. The van der Waals surface area contributed by atoms with Crippen LogP contribution >= 0.6 is 0 Å². The molecule has 0 aliphatic heterocycles. The first-order valence-corrected chi connectivity index (χ1v) is 4.29. The Bertz CT molecular complexity index is 372. The van der Waals surface area contributed by atoms with E-state index >= 15 is 0 Å². The van der Waals surface area contributed by atoms with Crippen LogP contribution in [0, 0.1) is 6.92 Å². The van der Waals surface area contributed by atoms with Gasteiger partial charge in [-0.1, -0.05) is 24.3 Å². The van der Waals surface area contributed by atoms with Crippen LogP contribution in [0.5, 0.6) is 0 Å². The number of carboxylic acid groups (broad SMARTS) is 1. The van der Waals surface area contributed by atoms with Gasteiger partial charge >= 0.3 is 5.97 Å². The molecule has 3 heteroatoms. The summed E-state index contributed by atoms with van der Waals surface area (Å²) in [5.41, 5.74) is 7.32. The average molecular weight is 191 g/mol. The minimum Gasteiger partial charge on any atom is -0.478 e. The molecule has 0 aromatic heterocycles. The lowest BCUT2D eigenvalue weighted by Crippen LogP contribution is -2.13. The average Bonchev–Trinajstić information content (AvgIpc) is 2.15. The fourth-order valence-electron chi connectivity index (χ4n) is 1.39. The van der Waals surface area contributed by atoms with Crippen molar-refractivity contribution in [3.63, 3.8) is 0 Å². The third-order valence-electron chi connectivity index (χ3n) is 2.13. The largest absolute Gasteiger partial charge is 0.478 e. The lowest BCUT2D eigenvalue weighted by Gasteiger charge is -2.12. The first kappa shape index (κ1) is 10.5. The van der Waals surface area contributed by atoms with Gasteiger partial charge in [0.1, 0.15) is 0 Å². The lowest BCUT2D eigenvalue weighted by molar-refractivity contribution is 0.0694. The maximum absolute atomic E-state index is 11.0. The molecular formula is C11H13NO2. The third-order valence-corrected chi connectivity index (χ3v) is 2.13. The minimum atomic E-state index is -0.949. The highest BCUT2D eigenvalue weighted by Crippen LogP contribution is 2.20. The topological polar surface area (TPSA) is 63.3 Å². The number of aryl methyl sites for hydroxylation is 1. The Labute approximate surface area is 82.9 Å². The number of carboxylic acids is 1. The maximum Gasteiger partial charge on any atom is 0.336 e. The van der Waals surface area contributed by atoms with Crippen molar-refractivity contribution in [2.24, 2.45) is 5.73 Å². The van der Waals surface area contributed by atoms with Crippen molar-refractivity contribution in [2.75, 3.05) is 0 Å². The van der Waals surface area contributed by atoms with Gasteiger partial charge in [-0.25, -0.2) is 4.79 Å². The van der Waals surface area contributed by atoms with Gasteiger partial charge in [-0.15, -0.1) is 6.58 Å². The van der Waals surface area contributed by atoms with Crippen LogP contribution in [0.2, 0.25) is 0 Å². The SMILES string of the molecule is C=C[C@H](N)c1cccc(C)c1C(=O)O. The van der Waals surface area contributed by atoms with Crippen molar-refractivity contribution in [1.29, 1.82) is 0 Å². The van der Waals surface area contributed by atoms with E-state index in [0.717, 1.165) is 0 Å². The summed E-state index contributed by atoms with van der Waals surface area (Å²) in [7, 11) is 0. The van der Waals surface area contributed by atoms with Crippen LogP contribution in [0.1, 0.15) is 27.5 Å². The van der Waals surface area contributed by atoms with Gasteiger partial charge in [-0.05, 0) is 18.1 Å². The third kappa shape index (κ3) is 1.83. The summed E-state index contributed by atoms with van der Waals surface area (Å²) in [6.45, 7) is 5.30. The molecule has 0 amide bonds. The minimum absolute atomic E-state index is 0.278. The van der Waals surface area contributed by atoms with E-state index in [1.807, 2.05) is 0 Å². The highest BCUT2D eigenvalue weighted by Gasteiger charge is 2.15. The van der Waals surface area contributed by atoms with E-state index in [9.17, 15) is 4.79 Å². The Morgan fingerprint density at radius 3 is 2.79 bits per heavy atom. The molecule has 0 spiro atoms. The van der Waals surface area contributed by atoms with Crippen molar-refractivity contribution in [3.05, 3.63) is 47.5 Å². The molecule has 0 aliphatic carbocycles. The summed E-state index contributed by atoms with van der Waals surface area (Å²) >= 11 is 0. The molecule has 0 unspecified atom stereocenters. The molecule has 0 bridgehead atoms. The second-order valence-corrected chi connectivity index (χ2v) is 3.11. The molecular weight excluding hydrogens is 178 g/mol.